The number of quaternary nitrogens is 1. The summed E-state index contributed by atoms with van der Waals surface area (Å²) in [5, 5.41) is 2.65. The van der Waals surface area contributed by atoms with Gasteiger partial charge in [0.1, 0.15) is 6.04 Å². The number of hydrogen-bond donors (Lipinski definition) is 1. The van der Waals surface area contributed by atoms with Crippen LogP contribution in [-0.2, 0) is 14.8 Å². The van der Waals surface area contributed by atoms with Crippen molar-refractivity contribution >= 4 is 27.5 Å². The van der Waals surface area contributed by atoms with Crippen LogP contribution in [0.15, 0.2) is 59.5 Å². The highest BCUT2D eigenvalue weighted by Gasteiger charge is 2.30. The molecule has 1 atom stereocenters. The van der Waals surface area contributed by atoms with Gasteiger partial charge < -0.3 is 10.2 Å². The summed E-state index contributed by atoms with van der Waals surface area (Å²) >= 11 is 6.21. The van der Waals surface area contributed by atoms with E-state index in [9.17, 15) is 13.2 Å². The molecule has 1 aliphatic heterocycles. The fourth-order valence-electron chi connectivity index (χ4n) is 3.30. The third-order valence-corrected chi connectivity index (χ3v) is 7.27. The molecule has 0 unspecified atom stereocenters. The zero-order chi connectivity index (χ0) is 20.1. The Morgan fingerprint density at radius 2 is 1.64 bits per heavy atom. The van der Waals surface area contributed by atoms with Gasteiger partial charge in [0.2, 0.25) is 10.0 Å². The molecule has 1 fully saturated rings. The molecular weight excluding hydrogens is 398 g/mol. The van der Waals surface area contributed by atoms with Crippen LogP contribution in [0.25, 0.3) is 0 Å². The number of nitrogens with zero attached hydrogens (tertiary/aromatic N) is 2. The Morgan fingerprint density at radius 1 is 1.04 bits per heavy atom. The molecule has 0 spiro atoms. The number of hydrogen-bond acceptors (Lipinski definition) is 3. The Morgan fingerprint density at radius 3 is 2.29 bits per heavy atom. The lowest BCUT2D eigenvalue weighted by atomic mass is 10.1. The molecule has 0 saturated carbocycles. The van der Waals surface area contributed by atoms with Gasteiger partial charge in [-0.3, -0.25) is 4.79 Å². The van der Waals surface area contributed by atoms with E-state index >= 15 is 0 Å². The predicted octanol–water partition coefficient (Wildman–Crippen LogP) is 1.50. The number of nitrogens with two attached hydrogens (primary N) is 1. The van der Waals surface area contributed by atoms with Crippen molar-refractivity contribution in [2.24, 2.45) is 0 Å². The summed E-state index contributed by atoms with van der Waals surface area (Å²) in [6.07, 6.45) is 0. The molecule has 0 aliphatic carbocycles. The second-order valence-electron chi connectivity index (χ2n) is 6.85. The van der Waals surface area contributed by atoms with Gasteiger partial charge in [-0.15, -0.1) is 0 Å². The molecule has 28 heavy (non-hydrogen) atoms. The molecule has 0 aromatic heterocycles. The fourth-order valence-corrected chi connectivity index (χ4v) is 5.05. The van der Waals surface area contributed by atoms with Crippen LogP contribution < -0.4 is 5.32 Å². The highest BCUT2D eigenvalue weighted by molar-refractivity contribution is 7.89. The zero-order valence-electron chi connectivity index (χ0n) is 15.8. The molecule has 2 aromatic carbocycles. The molecule has 1 heterocycles. The van der Waals surface area contributed by atoms with Crippen LogP contribution in [0, 0.1) is 0 Å². The lowest BCUT2D eigenvalue weighted by Gasteiger charge is -2.33. The van der Waals surface area contributed by atoms with Crippen LogP contribution in [0.1, 0.15) is 18.5 Å². The highest BCUT2D eigenvalue weighted by Crippen LogP contribution is 2.20. The normalized spacial score (nSPS) is 16.7. The molecule has 8 heteroatoms. The number of benzene rings is 2. The van der Waals surface area contributed by atoms with Crippen molar-refractivity contribution < 1.29 is 18.5 Å². The van der Waals surface area contributed by atoms with Crippen molar-refractivity contribution in [3.63, 3.8) is 0 Å². The van der Waals surface area contributed by atoms with Gasteiger partial charge >= 0.3 is 0 Å². The van der Waals surface area contributed by atoms with Crippen LogP contribution >= 0.6 is 11.6 Å². The van der Waals surface area contributed by atoms with Crippen molar-refractivity contribution in [1.29, 1.82) is 0 Å². The van der Waals surface area contributed by atoms with Crippen LogP contribution in [-0.4, -0.2) is 56.3 Å². The maximum Gasteiger partial charge on any atom is 0.277 e. The summed E-state index contributed by atoms with van der Waals surface area (Å²) in [7, 11) is -3.50. The van der Waals surface area contributed by atoms with Crippen molar-refractivity contribution in [3.8, 4) is 0 Å². The molecule has 1 aliphatic rings. The van der Waals surface area contributed by atoms with E-state index in [0.29, 0.717) is 37.7 Å². The van der Waals surface area contributed by atoms with E-state index in [1.165, 1.54) is 4.31 Å². The fraction of sp³-hybridized carbons (Fsp3) is 0.350. The molecule has 2 aromatic rings. The number of amides is 1. The summed E-state index contributed by atoms with van der Waals surface area (Å²) in [4.78, 5) is 14.6. The highest BCUT2D eigenvalue weighted by atomic mass is 35.5. The number of halogens is 1. The van der Waals surface area contributed by atoms with Crippen LogP contribution in [0.5, 0.6) is 0 Å². The smallest absolute Gasteiger partial charge is 0.277 e. The lowest BCUT2D eigenvalue weighted by Crippen LogP contribution is -2.87. The minimum Gasteiger partial charge on any atom is -0.335 e. The predicted molar refractivity (Wildman–Crippen MR) is 108 cm³/mol. The average Bonchev–Trinajstić information content (AvgIpc) is 2.73. The number of carbonyl (C=O) groups is 1. The van der Waals surface area contributed by atoms with Crippen LogP contribution in [0.4, 0.5) is 0 Å². The van der Waals surface area contributed by atoms with Gasteiger partial charge in [0.05, 0.1) is 4.90 Å². The number of sulfonamides is 1. The third kappa shape index (κ3) is 4.72. The summed E-state index contributed by atoms with van der Waals surface area (Å²) in [5.41, 5.74) is 0.996. The second kappa shape index (κ2) is 9.05. The van der Waals surface area contributed by atoms with Crippen LogP contribution in [0.3, 0.4) is 0 Å². The first-order valence-corrected chi connectivity index (χ1v) is 11.1. The number of carbonyl (C=O) groups excluding carboxylic acids is 1. The molecular formula is C20H25ClN3O3S+. The minimum absolute atomic E-state index is 0.00987. The minimum atomic E-state index is -3.50. The SMILES string of the molecule is C[C@H]([NH2+]CC(=O)N1CCN(S(=O)(=O)c2ccccc2)CC1)c1ccccc1Cl. The van der Waals surface area contributed by atoms with Gasteiger partial charge in [-0.25, -0.2) is 8.42 Å². The van der Waals surface area contributed by atoms with E-state index in [2.05, 4.69) is 0 Å². The van der Waals surface area contributed by atoms with E-state index in [1.807, 2.05) is 36.5 Å². The lowest BCUT2D eigenvalue weighted by molar-refractivity contribution is -0.683. The first-order valence-electron chi connectivity index (χ1n) is 9.30. The van der Waals surface area contributed by atoms with Crippen molar-refractivity contribution in [2.45, 2.75) is 17.9 Å². The monoisotopic (exact) mass is 422 g/mol. The molecule has 1 amide bonds. The van der Waals surface area contributed by atoms with Crippen molar-refractivity contribution in [2.75, 3.05) is 32.7 Å². The third-order valence-electron chi connectivity index (χ3n) is 5.01. The Bertz CT molecular complexity index is 913. The van der Waals surface area contributed by atoms with E-state index in [1.54, 1.807) is 35.2 Å². The first kappa shape index (κ1) is 20.8. The Balaban J connectivity index is 1.52. The van der Waals surface area contributed by atoms with E-state index < -0.39 is 10.0 Å². The quantitative estimate of drug-likeness (QED) is 0.766. The summed E-state index contributed by atoms with van der Waals surface area (Å²) in [6.45, 7) is 3.74. The van der Waals surface area contributed by atoms with Gasteiger partial charge in [0.25, 0.3) is 5.91 Å². The number of piperazine rings is 1. The topological polar surface area (TPSA) is 74.3 Å². The molecule has 3 rings (SSSR count). The molecule has 0 radical (unpaired) electrons. The van der Waals surface area contributed by atoms with E-state index in [4.69, 9.17) is 11.6 Å². The van der Waals surface area contributed by atoms with Crippen molar-refractivity contribution in [1.82, 2.24) is 9.21 Å². The van der Waals surface area contributed by atoms with E-state index in [0.717, 1.165) is 5.56 Å². The second-order valence-corrected chi connectivity index (χ2v) is 9.19. The summed E-state index contributed by atoms with van der Waals surface area (Å²) < 4.78 is 26.8. The largest absolute Gasteiger partial charge is 0.335 e. The zero-order valence-corrected chi connectivity index (χ0v) is 17.4. The molecule has 2 N–H and O–H groups in total. The number of rotatable bonds is 6. The van der Waals surface area contributed by atoms with Crippen molar-refractivity contribution in [3.05, 3.63) is 65.2 Å². The van der Waals surface area contributed by atoms with Gasteiger partial charge in [-0.05, 0) is 25.1 Å². The van der Waals surface area contributed by atoms with Crippen LogP contribution in [0.2, 0.25) is 5.02 Å². The molecule has 0 bridgehead atoms. The molecule has 1 saturated heterocycles. The van der Waals surface area contributed by atoms with E-state index in [-0.39, 0.29) is 16.8 Å². The average molecular weight is 423 g/mol. The maximum atomic E-state index is 12.7. The maximum absolute atomic E-state index is 12.7. The Labute approximate surface area is 171 Å². The standard InChI is InChI=1S/C20H24ClN3O3S/c1-16(18-9-5-6-10-19(18)21)22-15-20(25)23-11-13-24(14-12-23)28(26,27)17-7-3-2-4-8-17/h2-10,16,22H,11-15H2,1H3/p+1/t16-/m0/s1. The Hall–Kier alpha value is -1.93. The Kier molecular flexibility index (Phi) is 6.72. The molecule has 150 valence electrons. The van der Waals surface area contributed by atoms with Gasteiger partial charge in [-0.2, -0.15) is 4.31 Å². The van der Waals surface area contributed by atoms with Gasteiger partial charge in [0, 0.05) is 36.8 Å². The first-order chi connectivity index (χ1) is 13.4. The van der Waals surface area contributed by atoms with Gasteiger partial charge in [-0.1, -0.05) is 48.0 Å². The van der Waals surface area contributed by atoms with Gasteiger partial charge in [0.15, 0.2) is 6.54 Å². The molecule has 6 nitrogen and oxygen atoms in total. The summed E-state index contributed by atoms with van der Waals surface area (Å²) in [5.74, 6) is 0.00987. The summed E-state index contributed by atoms with van der Waals surface area (Å²) in [6, 6.07) is 16.1.